The molecule has 10 heteroatoms. The summed E-state index contributed by atoms with van der Waals surface area (Å²) in [5.74, 6) is 0. The summed E-state index contributed by atoms with van der Waals surface area (Å²) < 4.78 is 34.2. The Balaban J connectivity index is 1.72. The van der Waals surface area contributed by atoms with E-state index < -0.39 is 10.0 Å². The van der Waals surface area contributed by atoms with E-state index in [-0.39, 0.29) is 12.1 Å². The number of ether oxygens (including phenoxy) is 1. The second kappa shape index (κ2) is 7.14. The summed E-state index contributed by atoms with van der Waals surface area (Å²) >= 11 is 0. The van der Waals surface area contributed by atoms with Crippen LogP contribution < -0.4 is 4.72 Å². The highest BCUT2D eigenvalue weighted by molar-refractivity contribution is 7.92. The lowest BCUT2D eigenvalue weighted by Gasteiger charge is -2.23. The van der Waals surface area contributed by atoms with Crippen LogP contribution in [-0.2, 0) is 28.4 Å². The van der Waals surface area contributed by atoms with Crippen molar-refractivity contribution in [2.75, 3.05) is 31.2 Å². The zero-order valence-corrected chi connectivity index (χ0v) is 15.5. The summed E-state index contributed by atoms with van der Waals surface area (Å²) in [5, 5.41) is 8.55. The van der Waals surface area contributed by atoms with Gasteiger partial charge in [0.25, 0.3) is 0 Å². The fourth-order valence-electron chi connectivity index (χ4n) is 3.28. The third kappa shape index (κ3) is 4.39. The van der Waals surface area contributed by atoms with Crippen LogP contribution in [0.4, 0.5) is 5.69 Å². The summed E-state index contributed by atoms with van der Waals surface area (Å²) in [6.07, 6.45) is 7.10. The van der Waals surface area contributed by atoms with Gasteiger partial charge in [0, 0.05) is 45.7 Å². The van der Waals surface area contributed by atoms with Crippen molar-refractivity contribution in [1.82, 2.24) is 24.5 Å². The molecule has 0 saturated carbocycles. The highest BCUT2D eigenvalue weighted by Crippen LogP contribution is 2.29. The van der Waals surface area contributed by atoms with Crippen LogP contribution in [0, 0.1) is 0 Å². The molecule has 1 aliphatic rings. The average molecular weight is 368 g/mol. The summed E-state index contributed by atoms with van der Waals surface area (Å²) in [6, 6.07) is 2.46. The molecule has 2 aromatic rings. The Bertz CT molecular complexity index is 815. The molecule has 1 N–H and O–H groups in total. The standard InChI is InChI=1S/C15H24N6O3S/c1-19-13(4-5-16-19)9-20-10-14(6-15(20)11-24-2)21-8-12(7-17-21)18-25(3,22)23/h4-5,7-8,14-15,18H,6,9-11H2,1-3H3/t14-,15-/m0/s1. The molecule has 0 aromatic carbocycles. The molecule has 2 aromatic heterocycles. The van der Waals surface area contributed by atoms with Gasteiger partial charge in [-0.2, -0.15) is 10.2 Å². The first kappa shape index (κ1) is 17.9. The maximum absolute atomic E-state index is 11.3. The number of aryl methyl sites for hydroxylation is 1. The SMILES string of the molecule is COC[C@@H]1C[C@H](n2cc(NS(C)(=O)=O)cn2)CN1Cc1ccnn1C. The van der Waals surface area contributed by atoms with E-state index in [9.17, 15) is 8.42 Å². The minimum atomic E-state index is -3.30. The number of nitrogens with one attached hydrogen (secondary N) is 1. The first-order chi connectivity index (χ1) is 11.9. The predicted molar refractivity (Wildman–Crippen MR) is 93.6 cm³/mol. The molecule has 0 radical (unpaired) electrons. The van der Waals surface area contributed by atoms with E-state index in [4.69, 9.17) is 4.74 Å². The van der Waals surface area contributed by atoms with Gasteiger partial charge in [-0.15, -0.1) is 0 Å². The molecule has 138 valence electrons. The highest BCUT2D eigenvalue weighted by atomic mass is 32.2. The summed E-state index contributed by atoms with van der Waals surface area (Å²) in [4.78, 5) is 2.36. The van der Waals surface area contributed by atoms with Gasteiger partial charge < -0.3 is 4.74 Å². The monoisotopic (exact) mass is 368 g/mol. The van der Waals surface area contributed by atoms with Crippen molar-refractivity contribution >= 4 is 15.7 Å². The molecule has 25 heavy (non-hydrogen) atoms. The van der Waals surface area contributed by atoms with E-state index >= 15 is 0 Å². The number of aromatic nitrogens is 4. The molecule has 1 aliphatic heterocycles. The van der Waals surface area contributed by atoms with Crippen molar-refractivity contribution in [3.63, 3.8) is 0 Å². The Morgan fingerprint density at radius 3 is 2.84 bits per heavy atom. The average Bonchev–Trinajstić information content (AvgIpc) is 3.21. The van der Waals surface area contributed by atoms with E-state index in [2.05, 4.69) is 19.8 Å². The van der Waals surface area contributed by atoms with E-state index in [1.54, 1.807) is 19.5 Å². The Morgan fingerprint density at radius 1 is 1.40 bits per heavy atom. The molecular formula is C15H24N6O3S. The Hall–Kier alpha value is -1.91. The number of rotatable bonds is 7. The van der Waals surface area contributed by atoms with Gasteiger partial charge in [-0.1, -0.05) is 0 Å². The lowest BCUT2D eigenvalue weighted by atomic mass is 10.2. The van der Waals surface area contributed by atoms with Crippen molar-refractivity contribution in [1.29, 1.82) is 0 Å². The molecule has 1 saturated heterocycles. The third-order valence-electron chi connectivity index (χ3n) is 4.43. The maximum Gasteiger partial charge on any atom is 0.229 e. The molecule has 3 heterocycles. The summed E-state index contributed by atoms with van der Waals surface area (Å²) in [6.45, 7) is 2.25. The quantitative estimate of drug-likeness (QED) is 0.763. The Labute approximate surface area is 147 Å². The van der Waals surface area contributed by atoms with Gasteiger partial charge in [0.1, 0.15) is 0 Å². The van der Waals surface area contributed by atoms with Gasteiger partial charge in [-0.05, 0) is 12.5 Å². The molecule has 0 unspecified atom stereocenters. The summed E-state index contributed by atoms with van der Waals surface area (Å²) in [5.41, 5.74) is 1.62. The zero-order valence-electron chi connectivity index (χ0n) is 14.7. The second-order valence-electron chi connectivity index (χ2n) is 6.46. The van der Waals surface area contributed by atoms with E-state index in [0.29, 0.717) is 12.3 Å². The van der Waals surface area contributed by atoms with Gasteiger partial charge in [-0.25, -0.2) is 8.42 Å². The van der Waals surface area contributed by atoms with Crippen molar-refractivity contribution in [2.45, 2.75) is 25.0 Å². The van der Waals surface area contributed by atoms with Gasteiger partial charge in [-0.3, -0.25) is 19.0 Å². The Kier molecular flexibility index (Phi) is 5.11. The first-order valence-electron chi connectivity index (χ1n) is 8.07. The minimum absolute atomic E-state index is 0.170. The van der Waals surface area contributed by atoms with Crippen LogP contribution in [0.2, 0.25) is 0 Å². The number of hydrogen-bond donors (Lipinski definition) is 1. The van der Waals surface area contributed by atoms with Crippen molar-refractivity contribution in [3.05, 3.63) is 30.4 Å². The maximum atomic E-state index is 11.3. The lowest BCUT2D eigenvalue weighted by molar-refractivity contribution is 0.110. The largest absolute Gasteiger partial charge is 0.383 e. The smallest absolute Gasteiger partial charge is 0.229 e. The van der Waals surface area contributed by atoms with Crippen LogP contribution in [0.3, 0.4) is 0 Å². The molecular weight excluding hydrogens is 344 g/mol. The molecule has 1 fully saturated rings. The summed E-state index contributed by atoms with van der Waals surface area (Å²) in [7, 11) is 0.341. The van der Waals surface area contributed by atoms with Gasteiger partial charge in [0.05, 0.1) is 36.5 Å². The molecule has 2 atom stereocenters. The van der Waals surface area contributed by atoms with Crippen LogP contribution in [0.15, 0.2) is 24.7 Å². The van der Waals surface area contributed by atoms with E-state index in [1.807, 2.05) is 22.5 Å². The van der Waals surface area contributed by atoms with Crippen LogP contribution in [0.1, 0.15) is 18.2 Å². The number of anilines is 1. The Morgan fingerprint density at radius 2 is 2.20 bits per heavy atom. The fraction of sp³-hybridized carbons (Fsp3) is 0.600. The van der Waals surface area contributed by atoms with E-state index in [1.165, 1.54) is 6.20 Å². The van der Waals surface area contributed by atoms with Gasteiger partial charge in [0.2, 0.25) is 10.0 Å². The van der Waals surface area contributed by atoms with Gasteiger partial charge in [0.15, 0.2) is 0 Å². The topological polar surface area (TPSA) is 94.3 Å². The zero-order chi connectivity index (χ0) is 18.0. The molecule has 0 amide bonds. The van der Waals surface area contributed by atoms with Crippen LogP contribution in [0.25, 0.3) is 0 Å². The number of methoxy groups -OCH3 is 1. The van der Waals surface area contributed by atoms with E-state index in [0.717, 1.165) is 31.5 Å². The molecule has 0 bridgehead atoms. The number of nitrogens with zero attached hydrogens (tertiary/aromatic N) is 5. The predicted octanol–water partition coefficient (Wildman–Crippen LogP) is 0.450. The molecule has 3 rings (SSSR count). The molecule has 9 nitrogen and oxygen atoms in total. The molecule has 0 aliphatic carbocycles. The number of likely N-dealkylation sites (tertiary alicyclic amines) is 1. The first-order valence-corrected chi connectivity index (χ1v) is 9.96. The van der Waals surface area contributed by atoms with Crippen molar-refractivity contribution in [3.8, 4) is 0 Å². The van der Waals surface area contributed by atoms with Gasteiger partial charge >= 0.3 is 0 Å². The molecule has 0 spiro atoms. The van der Waals surface area contributed by atoms with Crippen LogP contribution in [-0.4, -0.2) is 65.4 Å². The normalized spacial score (nSPS) is 21.7. The number of sulfonamides is 1. The van der Waals surface area contributed by atoms with Crippen LogP contribution >= 0.6 is 0 Å². The fourth-order valence-corrected chi connectivity index (χ4v) is 3.81. The lowest BCUT2D eigenvalue weighted by Crippen LogP contribution is -2.33. The second-order valence-corrected chi connectivity index (χ2v) is 8.21. The van der Waals surface area contributed by atoms with Crippen LogP contribution in [0.5, 0.6) is 0 Å². The van der Waals surface area contributed by atoms with Crippen molar-refractivity contribution < 1.29 is 13.2 Å². The highest BCUT2D eigenvalue weighted by Gasteiger charge is 2.34. The minimum Gasteiger partial charge on any atom is -0.383 e. The number of hydrogen-bond acceptors (Lipinski definition) is 6. The van der Waals surface area contributed by atoms with Crippen molar-refractivity contribution in [2.24, 2.45) is 7.05 Å². The third-order valence-corrected chi connectivity index (χ3v) is 5.04.